The maximum absolute atomic E-state index is 13.4. The van der Waals surface area contributed by atoms with Crippen LogP contribution in [0.1, 0.15) is 40.4 Å². The van der Waals surface area contributed by atoms with Crippen molar-refractivity contribution in [1.82, 2.24) is 10.2 Å². The minimum Gasteiger partial charge on any atom is -0.381 e. The van der Waals surface area contributed by atoms with Gasteiger partial charge < -0.3 is 10.1 Å². The first-order chi connectivity index (χ1) is 11.0. The third-order valence-electron chi connectivity index (χ3n) is 3.99. The number of anilines is 1. The van der Waals surface area contributed by atoms with Gasteiger partial charge in [0.1, 0.15) is 5.82 Å². The number of aromatic amines is 1. The molecule has 1 amide bonds. The van der Waals surface area contributed by atoms with Crippen LogP contribution in [-0.2, 0) is 4.74 Å². The van der Waals surface area contributed by atoms with E-state index >= 15 is 0 Å². The first kappa shape index (κ1) is 16.0. The second kappa shape index (κ2) is 6.68. The Morgan fingerprint density at radius 1 is 1.39 bits per heavy atom. The zero-order valence-electron chi connectivity index (χ0n) is 12.7. The number of hydrogen-bond acceptors (Lipinski definition) is 3. The molecule has 0 atom stereocenters. The van der Waals surface area contributed by atoms with E-state index in [2.05, 4.69) is 15.5 Å². The van der Waals surface area contributed by atoms with E-state index in [1.807, 2.05) is 6.07 Å². The Kier molecular flexibility index (Phi) is 4.63. The number of ether oxygens (including phenoxy) is 1. The molecule has 1 fully saturated rings. The zero-order valence-corrected chi connectivity index (χ0v) is 13.4. The Morgan fingerprint density at radius 3 is 2.87 bits per heavy atom. The van der Waals surface area contributed by atoms with Gasteiger partial charge in [-0.25, -0.2) is 4.39 Å². The number of nitrogens with one attached hydrogen (secondary N) is 2. The van der Waals surface area contributed by atoms with Crippen molar-refractivity contribution < 1.29 is 13.9 Å². The summed E-state index contributed by atoms with van der Waals surface area (Å²) in [5, 5.41) is 9.83. The van der Waals surface area contributed by atoms with Gasteiger partial charge in [0.05, 0.1) is 10.6 Å². The molecule has 2 N–H and O–H groups in total. The van der Waals surface area contributed by atoms with E-state index in [1.54, 1.807) is 6.92 Å². The van der Waals surface area contributed by atoms with E-state index in [1.165, 1.54) is 6.07 Å². The Balaban J connectivity index is 1.73. The van der Waals surface area contributed by atoms with Gasteiger partial charge in [-0.05, 0) is 37.5 Å². The van der Waals surface area contributed by atoms with Crippen molar-refractivity contribution in [2.24, 2.45) is 0 Å². The minimum atomic E-state index is -0.437. The van der Waals surface area contributed by atoms with Gasteiger partial charge in [0.25, 0.3) is 5.91 Å². The number of hydrogen-bond donors (Lipinski definition) is 2. The summed E-state index contributed by atoms with van der Waals surface area (Å²) in [5.41, 5.74) is 1.57. The molecule has 23 heavy (non-hydrogen) atoms. The summed E-state index contributed by atoms with van der Waals surface area (Å²) in [5.74, 6) is -0.0654. The Morgan fingerprint density at radius 2 is 2.13 bits per heavy atom. The number of carbonyl (C=O) groups excluding carboxylic acids is 1. The number of carbonyl (C=O) groups is 1. The molecule has 3 rings (SSSR count). The van der Waals surface area contributed by atoms with Gasteiger partial charge in [-0.15, -0.1) is 0 Å². The maximum Gasteiger partial charge on any atom is 0.258 e. The molecule has 0 radical (unpaired) electrons. The molecule has 1 aliphatic rings. The molecular weight excluding hydrogens is 321 g/mol. The molecule has 7 heteroatoms. The number of nitrogens with zero attached hydrogens (tertiary/aromatic N) is 1. The van der Waals surface area contributed by atoms with Crippen LogP contribution in [0.15, 0.2) is 18.2 Å². The molecule has 2 heterocycles. The van der Waals surface area contributed by atoms with Crippen molar-refractivity contribution in [2.45, 2.75) is 25.7 Å². The van der Waals surface area contributed by atoms with Crippen LogP contribution in [0.2, 0.25) is 5.02 Å². The van der Waals surface area contributed by atoms with E-state index < -0.39 is 11.7 Å². The number of aromatic nitrogens is 2. The molecule has 0 unspecified atom stereocenters. The molecular formula is C16H17ClFN3O2. The van der Waals surface area contributed by atoms with Crippen LogP contribution in [0.4, 0.5) is 10.2 Å². The smallest absolute Gasteiger partial charge is 0.258 e. The number of benzene rings is 1. The monoisotopic (exact) mass is 337 g/mol. The zero-order chi connectivity index (χ0) is 16.4. The number of rotatable bonds is 3. The van der Waals surface area contributed by atoms with Gasteiger partial charge in [-0.1, -0.05) is 11.6 Å². The van der Waals surface area contributed by atoms with Crippen molar-refractivity contribution in [1.29, 1.82) is 0 Å². The summed E-state index contributed by atoms with van der Waals surface area (Å²) >= 11 is 5.95. The van der Waals surface area contributed by atoms with Crippen LogP contribution in [-0.4, -0.2) is 29.3 Å². The highest BCUT2D eigenvalue weighted by Crippen LogP contribution is 2.27. The van der Waals surface area contributed by atoms with Crippen molar-refractivity contribution in [3.8, 4) is 0 Å². The summed E-state index contributed by atoms with van der Waals surface area (Å²) in [6, 6.07) is 4.39. The lowest BCUT2D eigenvalue weighted by molar-refractivity contribution is 0.0845. The normalized spacial score (nSPS) is 15.6. The molecule has 0 saturated carbocycles. The van der Waals surface area contributed by atoms with Crippen LogP contribution in [0.3, 0.4) is 0 Å². The molecule has 1 aromatic heterocycles. The average Bonchev–Trinajstić information content (AvgIpc) is 3.00. The van der Waals surface area contributed by atoms with E-state index in [0.29, 0.717) is 17.3 Å². The summed E-state index contributed by atoms with van der Waals surface area (Å²) in [4.78, 5) is 12.3. The quantitative estimate of drug-likeness (QED) is 0.898. The second-order valence-corrected chi connectivity index (χ2v) is 6.04. The maximum atomic E-state index is 13.4. The highest BCUT2D eigenvalue weighted by molar-refractivity contribution is 6.34. The average molecular weight is 338 g/mol. The van der Waals surface area contributed by atoms with Gasteiger partial charge in [-0.3, -0.25) is 9.89 Å². The van der Waals surface area contributed by atoms with Crippen LogP contribution < -0.4 is 5.32 Å². The fourth-order valence-corrected chi connectivity index (χ4v) is 2.87. The van der Waals surface area contributed by atoms with Crippen molar-refractivity contribution in [3.05, 3.63) is 45.9 Å². The van der Waals surface area contributed by atoms with E-state index in [4.69, 9.17) is 16.3 Å². The number of H-pyrrole nitrogens is 1. The van der Waals surface area contributed by atoms with Crippen molar-refractivity contribution in [3.63, 3.8) is 0 Å². The fourth-order valence-electron chi connectivity index (χ4n) is 2.63. The number of halogens is 2. The second-order valence-electron chi connectivity index (χ2n) is 5.63. The molecule has 0 spiro atoms. The highest BCUT2D eigenvalue weighted by atomic mass is 35.5. The first-order valence-electron chi connectivity index (χ1n) is 7.44. The third-order valence-corrected chi connectivity index (χ3v) is 4.31. The lowest BCUT2D eigenvalue weighted by atomic mass is 9.97. The van der Waals surface area contributed by atoms with Crippen LogP contribution in [0.25, 0.3) is 0 Å². The van der Waals surface area contributed by atoms with Gasteiger partial charge in [0.2, 0.25) is 0 Å². The predicted molar refractivity (Wildman–Crippen MR) is 85.5 cm³/mol. The molecule has 0 aliphatic carbocycles. The Bertz CT molecular complexity index is 726. The van der Waals surface area contributed by atoms with Crippen LogP contribution in [0, 0.1) is 12.7 Å². The molecule has 1 aromatic carbocycles. The van der Waals surface area contributed by atoms with E-state index in [-0.39, 0.29) is 10.6 Å². The molecule has 122 valence electrons. The van der Waals surface area contributed by atoms with Gasteiger partial charge in [-0.2, -0.15) is 5.10 Å². The summed E-state index contributed by atoms with van der Waals surface area (Å²) in [6.07, 6.45) is 1.86. The van der Waals surface area contributed by atoms with Crippen LogP contribution in [0.5, 0.6) is 0 Å². The predicted octanol–water partition coefficient (Wildman–Crippen LogP) is 3.66. The van der Waals surface area contributed by atoms with Gasteiger partial charge in [0.15, 0.2) is 5.82 Å². The number of amides is 1. The molecule has 1 aliphatic heterocycles. The van der Waals surface area contributed by atoms with Gasteiger partial charge in [0, 0.05) is 30.9 Å². The van der Waals surface area contributed by atoms with Gasteiger partial charge >= 0.3 is 0 Å². The molecule has 0 bridgehead atoms. The van der Waals surface area contributed by atoms with E-state index in [9.17, 15) is 9.18 Å². The SMILES string of the molecule is Cc1cc(C(=O)Nc2cc(C3CCOCC3)[nH]n2)c(Cl)cc1F. The lowest BCUT2D eigenvalue weighted by Gasteiger charge is -2.20. The Hall–Kier alpha value is -1.92. The lowest BCUT2D eigenvalue weighted by Crippen LogP contribution is -2.14. The molecule has 5 nitrogen and oxygen atoms in total. The molecule has 1 saturated heterocycles. The number of aryl methyl sites for hydroxylation is 1. The first-order valence-corrected chi connectivity index (χ1v) is 7.82. The van der Waals surface area contributed by atoms with Crippen LogP contribution >= 0.6 is 11.6 Å². The van der Waals surface area contributed by atoms with E-state index in [0.717, 1.165) is 37.8 Å². The largest absolute Gasteiger partial charge is 0.381 e. The van der Waals surface area contributed by atoms with Crippen molar-refractivity contribution in [2.75, 3.05) is 18.5 Å². The summed E-state index contributed by atoms with van der Waals surface area (Å²) in [7, 11) is 0. The summed E-state index contributed by atoms with van der Waals surface area (Å²) < 4.78 is 18.8. The molecule has 2 aromatic rings. The van der Waals surface area contributed by atoms with Crippen molar-refractivity contribution >= 4 is 23.3 Å². The summed E-state index contributed by atoms with van der Waals surface area (Å²) in [6.45, 7) is 3.05. The Labute approximate surface area is 138 Å². The minimum absolute atomic E-state index is 0.0748. The fraction of sp³-hybridized carbons (Fsp3) is 0.375. The third kappa shape index (κ3) is 3.54. The highest BCUT2D eigenvalue weighted by Gasteiger charge is 2.19. The topological polar surface area (TPSA) is 67.0 Å². The standard InChI is InChI=1S/C16H17ClFN3O2/c1-9-6-11(12(17)7-13(9)18)16(22)19-15-8-14(20-21-15)10-2-4-23-5-3-10/h6-8,10H,2-5H2,1H3,(H2,19,20,21,22).